The van der Waals surface area contributed by atoms with E-state index in [1.165, 1.54) is 14.0 Å². The largest absolute Gasteiger partial charge is 0.465 e. The normalized spacial score (nSPS) is 18.3. The van der Waals surface area contributed by atoms with Gasteiger partial charge in [-0.25, -0.2) is 0 Å². The van der Waals surface area contributed by atoms with E-state index in [1.54, 1.807) is 6.92 Å². The first kappa shape index (κ1) is 14.0. The van der Waals surface area contributed by atoms with E-state index in [0.717, 1.165) is 12.8 Å². The summed E-state index contributed by atoms with van der Waals surface area (Å²) in [5.41, 5.74) is -0.921. The Hall–Kier alpha value is -1.10. The van der Waals surface area contributed by atoms with Gasteiger partial charge in [-0.05, 0) is 25.7 Å². The number of hydrogen-bond acceptors (Lipinski definition) is 5. The van der Waals surface area contributed by atoms with E-state index in [-0.39, 0.29) is 19.2 Å². The smallest absolute Gasteiger partial charge is 0.317 e. The summed E-state index contributed by atoms with van der Waals surface area (Å²) in [5.74, 6) is -0.269. The van der Waals surface area contributed by atoms with Crippen LogP contribution in [0.1, 0.15) is 26.7 Å². The predicted molar refractivity (Wildman–Crippen MR) is 60.3 cm³/mol. The number of carbonyl (C=O) groups is 2. The Bertz CT molecular complexity index is 285. The highest BCUT2D eigenvalue weighted by Crippen LogP contribution is 2.30. The Morgan fingerprint density at radius 2 is 1.88 bits per heavy atom. The Kier molecular flexibility index (Phi) is 4.93. The third-order valence-corrected chi connectivity index (χ3v) is 2.70. The first-order valence-corrected chi connectivity index (χ1v) is 5.77. The van der Waals surface area contributed by atoms with E-state index < -0.39 is 11.4 Å². The SMILES string of the molecule is COCC(C)(COC(C)=O)C(=O)OCC1CC1. The molecule has 0 aromatic rings. The molecule has 1 rings (SSSR count). The summed E-state index contributed by atoms with van der Waals surface area (Å²) >= 11 is 0. The molecular formula is C12H20O5. The van der Waals surface area contributed by atoms with Crippen LogP contribution >= 0.6 is 0 Å². The maximum absolute atomic E-state index is 11.9. The molecule has 0 aliphatic heterocycles. The van der Waals surface area contributed by atoms with Crippen LogP contribution in [0.15, 0.2) is 0 Å². The monoisotopic (exact) mass is 244 g/mol. The molecule has 0 bridgehead atoms. The van der Waals surface area contributed by atoms with E-state index in [4.69, 9.17) is 14.2 Å². The van der Waals surface area contributed by atoms with Crippen LogP contribution in [0.5, 0.6) is 0 Å². The fourth-order valence-corrected chi connectivity index (χ4v) is 1.39. The van der Waals surface area contributed by atoms with Crippen LogP contribution in [0.4, 0.5) is 0 Å². The van der Waals surface area contributed by atoms with Gasteiger partial charge >= 0.3 is 11.9 Å². The minimum Gasteiger partial charge on any atom is -0.465 e. The van der Waals surface area contributed by atoms with Gasteiger partial charge in [0, 0.05) is 14.0 Å². The van der Waals surface area contributed by atoms with Gasteiger partial charge in [-0.3, -0.25) is 9.59 Å². The van der Waals surface area contributed by atoms with Crippen LogP contribution in [0.2, 0.25) is 0 Å². The molecule has 98 valence electrons. The third kappa shape index (κ3) is 4.73. The second-order valence-electron chi connectivity index (χ2n) is 4.82. The van der Waals surface area contributed by atoms with Gasteiger partial charge in [-0.15, -0.1) is 0 Å². The number of rotatable bonds is 7. The number of esters is 2. The lowest BCUT2D eigenvalue weighted by molar-refractivity contribution is -0.166. The molecule has 17 heavy (non-hydrogen) atoms. The maximum atomic E-state index is 11.9. The van der Waals surface area contributed by atoms with Crippen molar-refractivity contribution in [3.05, 3.63) is 0 Å². The van der Waals surface area contributed by atoms with Crippen molar-refractivity contribution >= 4 is 11.9 Å². The molecule has 5 heteroatoms. The fraction of sp³-hybridized carbons (Fsp3) is 0.833. The van der Waals surface area contributed by atoms with Crippen molar-refractivity contribution in [1.82, 2.24) is 0 Å². The van der Waals surface area contributed by atoms with Crippen molar-refractivity contribution in [3.8, 4) is 0 Å². The zero-order valence-electron chi connectivity index (χ0n) is 10.7. The van der Waals surface area contributed by atoms with Crippen molar-refractivity contribution in [2.24, 2.45) is 11.3 Å². The Morgan fingerprint density at radius 1 is 1.24 bits per heavy atom. The summed E-state index contributed by atoms with van der Waals surface area (Å²) < 4.78 is 15.1. The average Bonchev–Trinajstić information content (AvgIpc) is 3.07. The first-order chi connectivity index (χ1) is 7.98. The molecule has 0 N–H and O–H groups in total. The summed E-state index contributed by atoms with van der Waals surface area (Å²) in [6.45, 7) is 3.60. The predicted octanol–water partition coefficient (Wildman–Crippen LogP) is 1.16. The minimum absolute atomic E-state index is 0.0142. The van der Waals surface area contributed by atoms with Gasteiger partial charge in [0.15, 0.2) is 0 Å². The van der Waals surface area contributed by atoms with Gasteiger partial charge in [0.05, 0.1) is 13.2 Å². The van der Waals surface area contributed by atoms with Crippen molar-refractivity contribution in [2.75, 3.05) is 26.9 Å². The number of ether oxygens (including phenoxy) is 3. The highest BCUT2D eigenvalue weighted by Gasteiger charge is 2.37. The average molecular weight is 244 g/mol. The maximum Gasteiger partial charge on any atom is 0.317 e. The van der Waals surface area contributed by atoms with Gasteiger partial charge in [-0.1, -0.05) is 0 Å². The molecule has 0 amide bonds. The summed E-state index contributed by atoms with van der Waals surface area (Å²) in [4.78, 5) is 22.7. The molecule has 1 aliphatic carbocycles. The van der Waals surface area contributed by atoms with Crippen molar-refractivity contribution in [3.63, 3.8) is 0 Å². The fourth-order valence-electron chi connectivity index (χ4n) is 1.39. The highest BCUT2D eigenvalue weighted by atomic mass is 16.6. The van der Waals surface area contributed by atoms with Gasteiger partial charge in [0.2, 0.25) is 0 Å². The molecule has 1 saturated carbocycles. The van der Waals surface area contributed by atoms with E-state index >= 15 is 0 Å². The van der Waals surface area contributed by atoms with Crippen LogP contribution in [0.3, 0.4) is 0 Å². The lowest BCUT2D eigenvalue weighted by Gasteiger charge is -2.25. The Balaban J connectivity index is 2.46. The molecule has 1 fully saturated rings. The van der Waals surface area contributed by atoms with Gasteiger partial charge < -0.3 is 14.2 Å². The van der Waals surface area contributed by atoms with Crippen LogP contribution in [-0.4, -0.2) is 38.9 Å². The summed E-state index contributed by atoms with van der Waals surface area (Å²) in [6.07, 6.45) is 2.25. The second-order valence-corrected chi connectivity index (χ2v) is 4.82. The summed E-state index contributed by atoms with van der Waals surface area (Å²) in [6, 6.07) is 0. The molecule has 1 aliphatic rings. The molecule has 1 unspecified atom stereocenters. The molecule has 0 aromatic carbocycles. The first-order valence-electron chi connectivity index (χ1n) is 5.77. The molecule has 0 aromatic heterocycles. The van der Waals surface area contributed by atoms with Gasteiger partial charge in [0.25, 0.3) is 0 Å². The molecule has 0 heterocycles. The summed E-state index contributed by atoms with van der Waals surface area (Å²) in [5, 5.41) is 0. The topological polar surface area (TPSA) is 61.8 Å². The molecule has 1 atom stereocenters. The zero-order chi connectivity index (χ0) is 12.9. The Morgan fingerprint density at radius 3 is 2.35 bits per heavy atom. The van der Waals surface area contributed by atoms with Gasteiger partial charge in [-0.2, -0.15) is 0 Å². The van der Waals surface area contributed by atoms with E-state index in [2.05, 4.69) is 0 Å². The molecule has 5 nitrogen and oxygen atoms in total. The highest BCUT2D eigenvalue weighted by molar-refractivity contribution is 5.77. The van der Waals surface area contributed by atoms with Crippen molar-refractivity contribution in [2.45, 2.75) is 26.7 Å². The number of hydrogen-bond donors (Lipinski definition) is 0. The second kappa shape index (κ2) is 6.00. The lowest BCUT2D eigenvalue weighted by atomic mass is 9.93. The number of carbonyl (C=O) groups excluding carboxylic acids is 2. The van der Waals surface area contributed by atoms with Gasteiger partial charge in [0.1, 0.15) is 12.0 Å². The lowest BCUT2D eigenvalue weighted by Crippen LogP contribution is -2.39. The third-order valence-electron chi connectivity index (χ3n) is 2.70. The van der Waals surface area contributed by atoms with Crippen LogP contribution < -0.4 is 0 Å². The van der Waals surface area contributed by atoms with Crippen molar-refractivity contribution in [1.29, 1.82) is 0 Å². The standard InChI is InChI=1S/C12H20O5/c1-9(13)17-8-12(2,7-15-3)11(14)16-6-10-4-5-10/h10H,4-8H2,1-3H3. The summed E-state index contributed by atoms with van der Waals surface area (Å²) in [7, 11) is 1.50. The van der Waals surface area contributed by atoms with Crippen LogP contribution in [0, 0.1) is 11.3 Å². The van der Waals surface area contributed by atoms with E-state index in [0.29, 0.717) is 12.5 Å². The van der Waals surface area contributed by atoms with Crippen LogP contribution in [0.25, 0.3) is 0 Å². The van der Waals surface area contributed by atoms with E-state index in [1.807, 2.05) is 0 Å². The van der Waals surface area contributed by atoms with E-state index in [9.17, 15) is 9.59 Å². The molecule has 0 radical (unpaired) electrons. The zero-order valence-corrected chi connectivity index (χ0v) is 10.7. The van der Waals surface area contributed by atoms with Crippen molar-refractivity contribution < 1.29 is 23.8 Å². The quantitative estimate of drug-likeness (QED) is 0.629. The molecule has 0 saturated heterocycles. The molecular weight excluding hydrogens is 224 g/mol. The van der Waals surface area contributed by atoms with Crippen LogP contribution in [-0.2, 0) is 23.8 Å². The number of methoxy groups -OCH3 is 1. The Labute approximate surface area is 101 Å². The molecule has 0 spiro atoms. The minimum atomic E-state index is -0.921.